The Bertz CT molecular complexity index is 2160. The zero-order valence-corrected chi connectivity index (χ0v) is 31.5. The summed E-state index contributed by atoms with van der Waals surface area (Å²) >= 11 is 19.2. The number of nitrogens with one attached hydrogen (secondary N) is 1. The standard InChI is InChI=1S/C39H34Cl3F3N4O6/c1-55-29-14-18(13-27(41)32(29)50)31-23-11-12-24-30(36(53)48(34(24)51)22-5-3-2-4-6-22)25(23)16-26-35(52)49(37(54)38(26,31)19-7-9-21(40)10-8-19)47-33-28(42)15-20(17-46-33)39(43,44)45/h7-11,13-15,17,22,24-26,30-31,50H,2-6,12,16H2,1H3,(H,46,47)/t24-,25+,26-,30-,31-,38+/m0/s1. The van der Waals surface area contributed by atoms with Gasteiger partial charge < -0.3 is 9.84 Å². The van der Waals surface area contributed by atoms with Crippen molar-refractivity contribution in [2.75, 3.05) is 12.5 Å². The number of rotatable bonds is 6. The molecule has 5 aliphatic rings. The number of nitrogens with zero attached hydrogens (tertiary/aromatic N) is 3. The van der Waals surface area contributed by atoms with Crippen molar-refractivity contribution in [3.05, 3.63) is 92.1 Å². The van der Waals surface area contributed by atoms with E-state index in [2.05, 4.69) is 10.4 Å². The largest absolute Gasteiger partial charge is 0.503 e. The summed E-state index contributed by atoms with van der Waals surface area (Å²) in [5, 5.41) is 11.3. The van der Waals surface area contributed by atoms with Gasteiger partial charge in [0.1, 0.15) is 0 Å². The maximum absolute atomic E-state index is 15.4. The van der Waals surface area contributed by atoms with Crippen LogP contribution in [-0.2, 0) is 30.8 Å². The fraction of sp³-hybridized carbons (Fsp3) is 0.410. The van der Waals surface area contributed by atoms with Crippen LogP contribution in [0.3, 0.4) is 0 Å². The molecule has 2 aromatic carbocycles. The number of anilines is 1. The van der Waals surface area contributed by atoms with Gasteiger partial charge in [-0.1, -0.05) is 77.8 Å². The Hall–Kier alpha value is -4.33. The van der Waals surface area contributed by atoms with Crippen molar-refractivity contribution in [3.63, 3.8) is 0 Å². The number of aromatic hydroxyl groups is 1. The molecule has 4 amide bonds. The molecular formula is C39H34Cl3F3N4O6. The molecule has 10 nitrogen and oxygen atoms in total. The van der Waals surface area contributed by atoms with E-state index < -0.39 is 63.6 Å². The Morgan fingerprint density at radius 1 is 0.927 bits per heavy atom. The zero-order valence-electron chi connectivity index (χ0n) is 29.2. The molecule has 0 spiro atoms. The second-order valence-electron chi connectivity index (χ2n) is 14.8. The number of ether oxygens (including phenoxy) is 1. The first-order valence-electron chi connectivity index (χ1n) is 18.0. The van der Waals surface area contributed by atoms with Gasteiger partial charge in [-0.05, 0) is 73.1 Å². The molecular weight excluding hydrogens is 784 g/mol. The average molecular weight is 818 g/mol. The van der Waals surface area contributed by atoms with Crippen LogP contribution in [0.2, 0.25) is 15.1 Å². The number of imide groups is 2. The first-order chi connectivity index (χ1) is 26.2. The van der Waals surface area contributed by atoms with E-state index >= 15 is 4.79 Å². The highest BCUT2D eigenvalue weighted by Gasteiger charge is 2.70. The van der Waals surface area contributed by atoms with Gasteiger partial charge >= 0.3 is 6.18 Å². The second-order valence-corrected chi connectivity index (χ2v) is 16.1. The fourth-order valence-electron chi connectivity index (χ4n) is 9.80. The third kappa shape index (κ3) is 5.79. The number of benzene rings is 2. The van der Waals surface area contributed by atoms with Gasteiger partial charge in [-0.25, -0.2) is 4.98 Å². The van der Waals surface area contributed by atoms with Crippen molar-refractivity contribution in [1.82, 2.24) is 14.9 Å². The van der Waals surface area contributed by atoms with E-state index in [0.717, 1.165) is 24.3 Å². The molecule has 16 heteroatoms. The van der Waals surface area contributed by atoms with Crippen molar-refractivity contribution < 1.29 is 42.2 Å². The topological polar surface area (TPSA) is 129 Å². The summed E-state index contributed by atoms with van der Waals surface area (Å²) in [7, 11) is 1.33. The van der Waals surface area contributed by atoms with Crippen LogP contribution in [0.15, 0.2) is 60.3 Å². The van der Waals surface area contributed by atoms with Crippen molar-refractivity contribution in [2.24, 2.45) is 23.7 Å². The summed E-state index contributed by atoms with van der Waals surface area (Å²) in [6, 6.07) is 9.82. The number of hydrogen-bond acceptors (Lipinski definition) is 8. The molecule has 2 N–H and O–H groups in total. The number of hydrogen-bond donors (Lipinski definition) is 2. The van der Waals surface area contributed by atoms with Gasteiger partial charge in [0.2, 0.25) is 11.8 Å². The lowest BCUT2D eigenvalue weighted by molar-refractivity contribution is -0.144. The highest BCUT2D eigenvalue weighted by atomic mass is 35.5. The van der Waals surface area contributed by atoms with Gasteiger partial charge in [0.15, 0.2) is 17.3 Å². The maximum atomic E-state index is 15.4. The molecule has 55 heavy (non-hydrogen) atoms. The van der Waals surface area contributed by atoms with Gasteiger partial charge in [0.05, 0.1) is 45.9 Å². The SMILES string of the molecule is COc1cc([C@H]2C3=CC[C@@H]4C(=O)N(C5CCCCC5)C(=O)[C@@H]4[C@@H]3C[C@H]3C(=O)N(Nc4ncc(C(F)(F)F)cc4Cl)C(=O)[C@@]23c2ccc(Cl)cc2)cc(Cl)c1O. The molecule has 0 bridgehead atoms. The lowest BCUT2D eigenvalue weighted by Crippen LogP contribution is -2.53. The minimum Gasteiger partial charge on any atom is -0.503 e. The molecule has 3 aliphatic carbocycles. The summed E-state index contributed by atoms with van der Waals surface area (Å²) in [6.45, 7) is 0. The van der Waals surface area contributed by atoms with Gasteiger partial charge in [-0.15, -0.1) is 0 Å². The molecule has 2 aliphatic heterocycles. The normalized spacial score (nSPS) is 28.2. The Morgan fingerprint density at radius 2 is 1.64 bits per heavy atom. The zero-order chi connectivity index (χ0) is 39.1. The van der Waals surface area contributed by atoms with Crippen LogP contribution in [0.25, 0.3) is 0 Å². The number of phenols is 1. The Morgan fingerprint density at radius 3 is 2.29 bits per heavy atom. The lowest BCUT2D eigenvalue weighted by Gasteiger charge is -2.50. The highest BCUT2D eigenvalue weighted by Crippen LogP contribution is 2.65. The van der Waals surface area contributed by atoms with Crippen LogP contribution in [-0.4, -0.2) is 56.8 Å². The Kier molecular flexibility index (Phi) is 9.36. The number of hydrazine groups is 1. The van der Waals surface area contributed by atoms with Crippen LogP contribution in [0.4, 0.5) is 19.0 Å². The van der Waals surface area contributed by atoms with Gasteiger partial charge in [-0.2, -0.15) is 18.2 Å². The molecule has 288 valence electrons. The molecule has 0 unspecified atom stereocenters. The minimum atomic E-state index is -4.75. The van der Waals surface area contributed by atoms with Gasteiger partial charge in [-0.3, -0.25) is 29.5 Å². The first-order valence-corrected chi connectivity index (χ1v) is 19.1. The molecule has 1 aromatic heterocycles. The van der Waals surface area contributed by atoms with Crippen LogP contribution in [0, 0.1) is 23.7 Å². The predicted octanol–water partition coefficient (Wildman–Crippen LogP) is 8.09. The minimum absolute atomic E-state index is 0.00944. The van der Waals surface area contributed by atoms with E-state index in [1.54, 1.807) is 24.3 Å². The number of carbonyl (C=O) groups is 4. The highest BCUT2D eigenvalue weighted by molar-refractivity contribution is 6.33. The number of carbonyl (C=O) groups excluding carboxylic acids is 4. The molecule has 0 radical (unpaired) electrons. The maximum Gasteiger partial charge on any atom is 0.417 e. The van der Waals surface area contributed by atoms with Crippen molar-refractivity contribution >= 4 is 64.2 Å². The van der Waals surface area contributed by atoms with Crippen LogP contribution >= 0.6 is 34.8 Å². The summed E-state index contributed by atoms with van der Waals surface area (Å²) < 4.78 is 46.0. The van der Waals surface area contributed by atoms with E-state index in [0.29, 0.717) is 46.8 Å². The van der Waals surface area contributed by atoms with Crippen LogP contribution < -0.4 is 10.2 Å². The Labute approximate surface area is 328 Å². The number of amides is 4. The van der Waals surface area contributed by atoms with E-state index in [1.807, 2.05) is 6.08 Å². The average Bonchev–Trinajstić information content (AvgIpc) is 3.54. The molecule has 8 rings (SSSR count). The third-order valence-corrected chi connectivity index (χ3v) is 13.0. The molecule has 6 atom stereocenters. The second kappa shape index (κ2) is 13.7. The summed E-state index contributed by atoms with van der Waals surface area (Å²) in [5.74, 6) is -7.19. The van der Waals surface area contributed by atoms with E-state index in [-0.39, 0.29) is 53.0 Å². The quantitative estimate of drug-likeness (QED) is 0.189. The van der Waals surface area contributed by atoms with Gasteiger partial charge in [0.25, 0.3) is 11.8 Å². The number of pyridine rings is 1. The lowest BCUT2D eigenvalue weighted by atomic mass is 9.49. The number of phenolic OH excluding ortho intramolecular Hbond substituents is 1. The van der Waals surface area contributed by atoms with Crippen molar-refractivity contribution in [2.45, 2.75) is 68.5 Å². The number of halogens is 6. The fourth-order valence-corrected chi connectivity index (χ4v) is 10.4. The number of fused-ring (bicyclic) bond motifs is 4. The molecule has 4 fully saturated rings. The molecule has 2 saturated heterocycles. The number of likely N-dealkylation sites (tertiary alicyclic amines) is 1. The first kappa shape index (κ1) is 37.6. The van der Waals surface area contributed by atoms with Gasteiger partial charge in [0, 0.05) is 23.2 Å². The number of alkyl halides is 3. The predicted molar refractivity (Wildman–Crippen MR) is 195 cm³/mol. The monoisotopic (exact) mass is 816 g/mol. The molecule has 3 aromatic rings. The summed E-state index contributed by atoms with van der Waals surface area (Å²) in [4.78, 5) is 64.1. The van der Waals surface area contributed by atoms with Crippen molar-refractivity contribution in [1.29, 1.82) is 0 Å². The number of allylic oxidation sites excluding steroid dienone is 2. The van der Waals surface area contributed by atoms with Crippen LogP contribution in [0.5, 0.6) is 11.5 Å². The number of methoxy groups -OCH3 is 1. The van der Waals surface area contributed by atoms with Crippen LogP contribution in [0.1, 0.15) is 67.6 Å². The summed E-state index contributed by atoms with van der Waals surface area (Å²) in [6.07, 6.45) is 2.11. The van der Waals surface area contributed by atoms with E-state index in [4.69, 9.17) is 39.5 Å². The summed E-state index contributed by atoms with van der Waals surface area (Å²) in [5.41, 5.74) is 1.10. The van der Waals surface area contributed by atoms with Crippen molar-refractivity contribution in [3.8, 4) is 11.5 Å². The van der Waals surface area contributed by atoms with E-state index in [1.165, 1.54) is 24.1 Å². The molecule has 3 heterocycles. The molecule has 2 saturated carbocycles. The Balaban J connectivity index is 1.32. The number of aromatic nitrogens is 1. The third-order valence-electron chi connectivity index (χ3n) is 12.1. The van der Waals surface area contributed by atoms with E-state index in [9.17, 15) is 32.7 Å². The smallest absolute Gasteiger partial charge is 0.417 e.